The van der Waals surface area contributed by atoms with Crippen LogP contribution >= 0.6 is 0 Å². The lowest BCUT2D eigenvalue weighted by Crippen LogP contribution is -2.29. The standard InChI is InChI=1S/C15H22N2O3/c1-15(2,14(19)20)9-13(18)16-12-8-6-5-7-11(12)10-17(3)4/h5-8H,9-10H2,1-4H3,(H,16,18)(H,19,20). The molecule has 1 aromatic carbocycles. The molecular weight excluding hydrogens is 256 g/mol. The third-order valence-corrected chi connectivity index (χ3v) is 2.96. The number of carboxylic acid groups (broad SMARTS) is 1. The Kier molecular flexibility index (Phi) is 5.27. The fourth-order valence-corrected chi connectivity index (χ4v) is 1.79. The predicted octanol–water partition coefficient (Wildman–Crippen LogP) is 2.19. The summed E-state index contributed by atoms with van der Waals surface area (Å²) in [6.07, 6.45) is -0.0569. The van der Waals surface area contributed by atoms with Crippen LogP contribution in [0.5, 0.6) is 0 Å². The summed E-state index contributed by atoms with van der Waals surface area (Å²) in [4.78, 5) is 25.0. The second-order valence-electron chi connectivity index (χ2n) is 5.81. The van der Waals surface area contributed by atoms with Crippen LogP contribution in [0.3, 0.4) is 0 Å². The number of aliphatic carboxylic acids is 1. The first-order valence-electron chi connectivity index (χ1n) is 6.48. The second-order valence-corrected chi connectivity index (χ2v) is 5.81. The minimum absolute atomic E-state index is 0.0569. The van der Waals surface area contributed by atoms with Gasteiger partial charge >= 0.3 is 5.97 Å². The van der Waals surface area contributed by atoms with Crippen LogP contribution in [0.25, 0.3) is 0 Å². The molecule has 0 unspecified atom stereocenters. The van der Waals surface area contributed by atoms with E-state index in [2.05, 4.69) is 5.32 Å². The number of nitrogens with zero attached hydrogens (tertiary/aromatic N) is 1. The van der Waals surface area contributed by atoms with Gasteiger partial charge in [-0.3, -0.25) is 9.59 Å². The highest BCUT2D eigenvalue weighted by molar-refractivity contribution is 5.94. The van der Waals surface area contributed by atoms with E-state index in [1.165, 1.54) is 0 Å². The number of anilines is 1. The van der Waals surface area contributed by atoms with Gasteiger partial charge in [-0.15, -0.1) is 0 Å². The Hall–Kier alpha value is -1.88. The summed E-state index contributed by atoms with van der Waals surface area (Å²) >= 11 is 0. The van der Waals surface area contributed by atoms with Crippen LogP contribution in [0, 0.1) is 5.41 Å². The van der Waals surface area contributed by atoms with Gasteiger partial charge in [0.2, 0.25) is 5.91 Å². The number of para-hydroxylation sites is 1. The number of carbonyl (C=O) groups excluding carboxylic acids is 1. The van der Waals surface area contributed by atoms with E-state index in [1.807, 2.05) is 43.3 Å². The molecule has 0 aliphatic carbocycles. The monoisotopic (exact) mass is 278 g/mol. The van der Waals surface area contributed by atoms with Gasteiger partial charge in [-0.25, -0.2) is 0 Å². The van der Waals surface area contributed by atoms with Gasteiger partial charge in [0, 0.05) is 18.7 Å². The molecule has 1 rings (SSSR count). The average molecular weight is 278 g/mol. The van der Waals surface area contributed by atoms with Crippen molar-refractivity contribution in [3.63, 3.8) is 0 Å². The molecule has 0 bridgehead atoms. The molecule has 0 radical (unpaired) electrons. The van der Waals surface area contributed by atoms with Gasteiger partial charge in [0.05, 0.1) is 5.41 Å². The van der Waals surface area contributed by atoms with Crippen LogP contribution in [0.15, 0.2) is 24.3 Å². The zero-order valence-electron chi connectivity index (χ0n) is 12.4. The van der Waals surface area contributed by atoms with Crippen LogP contribution in [0.4, 0.5) is 5.69 Å². The largest absolute Gasteiger partial charge is 0.481 e. The number of nitrogens with one attached hydrogen (secondary N) is 1. The summed E-state index contributed by atoms with van der Waals surface area (Å²) < 4.78 is 0. The summed E-state index contributed by atoms with van der Waals surface area (Å²) in [5, 5.41) is 11.8. The first-order valence-corrected chi connectivity index (χ1v) is 6.48. The zero-order chi connectivity index (χ0) is 15.3. The quantitative estimate of drug-likeness (QED) is 0.837. The lowest BCUT2D eigenvalue weighted by atomic mass is 9.89. The third kappa shape index (κ3) is 4.66. The predicted molar refractivity (Wildman–Crippen MR) is 78.5 cm³/mol. The summed E-state index contributed by atoms with van der Waals surface area (Å²) in [5.74, 6) is -1.27. The van der Waals surface area contributed by atoms with Crippen LogP contribution in [0.2, 0.25) is 0 Å². The first kappa shape index (κ1) is 16.2. The molecule has 0 heterocycles. The molecule has 0 spiro atoms. The normalized spacial score (nSPS) is 11.4. The maximum Gasteiger partial charge on any atom is 0.309 e. The van der Waals surface area contributed by atoms with Crippen molar-refractivity contribution in [1.29, 1.82) is 0 Å². The first-order chi connectivity index (χ1) is 9.22. The molecule has 5 nitrogen and oxygen atoms in total. The highest BCUT2D eigenvalue weighted by atomic mass is 16.4. The van der Waals surface area contributed by atoms with E-state index in [-0.39, 0.29) is 12.3 Å². The van der Waals surface area contributed by atoms with Crippen LogP contribution in [-0.4, -0.2) is 36.0 Å². The molecule has 1 aromatic rings. The van der Waals surface area contributed by atoms with E-state index in [0.717, 1.165) is 11.3 Å². The molecule has 0 aliphatic rings. The SMILES string of the molecule is CN(C)Cc1ccccc1NC(=O)CC(C)(C)C(=O)O. The lowest BCUT2D eigenvalue weighted by Gasteiger charge is -2.19. The maximum atomic E-state index is 12.0. The number of hydrogen-bond acceptors (Lipinski definition) is 3. The highest BCUT2D eigenvalue weighted by Gasteiger charge is 2.30. The molecule has 0 atom stereocenters. The van der Waals surface area contributed by atoms with E-state index in [4.69, 9.17) is 5.11 Å². The number of benzene rings is 1. The molecule has 2 N–H and O–H groups in total. The Morgan fingerprint density at radius 1 is 1.25 bits per heavy atom. The number of carboxylic acids is 1. The Labute approximate surface area is 119 Å². The third-order valence-electron chi connectivity index (χ3n) is 2.96. The van der Waals surface area contributed by atoms with E-state index >= 15 is 0 Å². The van der Waals surface area contributed by atoms with Gasteiger partial charge < -0.3 is 15.3 Å². The molecular formula is C15H22N2O3. The lowest BCUT2D eigenvalue weighted by molar-refractivity contribution is -0.148. The number of hydrogen-bond donors (Lipinski definition) is 2. The molecule has 0 aliphatic heterocycles. The fraction of sp³-hybridized carbons (Fsp3) is 0.467. The fourth-order valence-electron chi connectivity index (χ4n) is 1.79. The summed E-state index contributed by atoms with van der Waals surface area (Å²) in [6.45, 7) is 3.79. The zero-order valence-corrected chi connectivity index (χ0v) is 12.4. The van der Waals surface area contributed by atoms with Crippen molar-refractivity contribution in [1.82, 2.24) is 4.90 Å². The summed E-state index contributed by atoms with van der Waals surface area (Å²) in [5.41, 5.74) is 0.659. The molecule has 0 saturated heterocycles. The molecule has 20 heavy (non-hydrogen) atoms. The smallest absolute Gasteiger partial charge is 0.309 e. The van der Waals surface area contributed by atoms with Gasteiger partial charge in [-0.1, -0.05) is 18.2 Å². The Morgan fingerprint density at radius 2 is 1.85 bits per heavy atom. The molecule has 0 aromatic heterocycles. The van der Waals surface area contributed by atoms with Gasteiger partial charge in [-0.2, -0.15) is 0 Å². The Bertz CT molecular complexity index is 496. The minimum atomic E-state index is -1.07. The van der Waals surface area contributed by atoms with Crippen LogP contribution < -0.4 is 5.32 Å². The van der Waals surface area contributed by atoms with E-state index < -0.39 is 11.4 Å². The maximum absolute atomic E-state index is 12.0. The topological polar surface area (TPSA) is 69.6 Å². The minimum Gasteiger partial charge on any atom is -0.481 e. The molecule has 5 heteroatoms. The van der Waals surface area contributed by atoms with E-state index in [1.54, 1.807) is 13.8 Å². The molecule has 0 saturated carbocycles. The van der Waals surface area contributed by atoms with Crippen LogP contribution in [0.1, 0.15) is 25.8 Å². The number of amides is 1. The summed E-state index contributed by atoms with van der Waals surface area (Å²) in [6, 6.07) is 7.52. The van der Waals surface area contributed by atoms with Crippen molar-refractivity contribution in [3.8, 4) is 0 Å². The number of carbonyl (C=O) groups is 2. The van der Waals surface area contributed by atoms with Crippen molar-refractivity contribution in [2.24, 2.45) is 5.41 Å². The average Bonchev–Trinajstić information content (AvgIpc) is 2.30. The highest BCUT2D eigenvalue weighted by Crippen LogP contribution is 2.23. The van der Waals surface area contributed by atoms with Crippen molar-refractivity contribution in [2.75, 3.05) is 19.4 Å². The van der Waals surface area contributed by atoms with Gasteiger partial charge in [0.25, 0.3) is 0 Å². The van der Waals surface area contributed by atoms with Crippen molar-refractivity contribution in [3.05, 3.63) is 29.8 Å². The van der Waals surface area contributed by atoms with Gasteiger partial charge in [-0.05, 0) is 39.6 Å². The Balaban J connectivity index is 2.78. The van der Waals surface area contributed by atoms with Crippen LogP contribution in [-0.2, 0) is 16.1 Å². The molecule has 1 amide bonds. The van der Waals surface area contributed by atoms with E-state index in [9.17, 15) is 9.59 Å². The van der Waals surface area contributed by atoms with Crippen molar-refractivity contribution >= 4 is 17.6 Å². The Morgan fingerprint density at radius 3 is 2.40 bits per heavy atom. The molecule has 0 fully saturated rings. The molecule has 110 valence electrons. The summed E-state index contributed by atoms with van der Waals surface area (Å²) in [7, 11) is 3.90. The van der Waals surface area contributed by atoms with Crippen molar-refractivity contribution < 1.29 is 14.7 Å². The van der Waals surface area contributed by atoms with E-state index in [0.29, 0.717) is 6.54 Å². The second kappa shape index (κ2) is 6.52. The van der Waals surface area contributed by atoms with Crippen molar-refractivity contribution in [2.45, 2.75) is 26.8 Å². The van der Waals surface area contributed by atoms with Gasteiger partial charge in [0.15, 0.2) is 0 Å². The number of rotatable bonds is 6. The van der Waals surface area contributed by atoms with Gasteiger partial charge in [0.1, 0.15) is 0 Å².